The van der Waals surface area contributed by atoms with Gasteiger partial charge in [0.25, 0.3) is 0 Å². The molecule has 0 saturated heterocycles. The topological polar surface area (TPSA) is 72.8 Å². The number of ether oxygens (including phenoxy) is 2. The quantitative estimate of drug-likeness (QED) is 0.398. The van der Waals surface area contributed by atoms with Crippen molar-refractivity contribution in [1.82, 2.24) is 0 Å². The molecular formula is C18H20O5. The number of Topliss-reactive ketones (excluding diaryl/α,β-unsaturated/α-hetero) is 1. The zero-order chi connectivity index (χ0) is 17.3. The summed E-state index contributed by atoms with van der Waals surface area (Å²) in [5, 5.41) is 9.92. The van der Waals surface area contributed by atoms with E-state index in [9.17, 15) is 14.7 Å². The van der Waals surface area contributed by atoms with Crippen LogP contribution in [0.3, 0.4) is 0 Å². The van der Waals surface area contributed by atoms with E-state index >= 15 is 0 Å². The molecule has 1 heterocycles. The Bertz CT molecular complexity index is 714. The number of carbonyl (C=O) groups excluding carboxylic acids is 2. The van der Waals surface area contributed by atoms with E-state index in [0.717, 1.165) is 0 Å². The summed E-state index contributed by atoms with van der Waals surface area (Å²) in [6, 6.07) is 2.89. The predicted molar refractivity (Wildman–Crippen MR) is 85.6 cm³/mol. The zero-order valence-corrected chi connectivity index (χ0v) is 13.7. The molecule has 122 valence electrons. The number of esters is 1. The van der Waals surface area contributed by atoms with Gasteiger partial charge in [0.15, 0.2) is 18.0 Å². The summed E-state index contributed by atoms with van der Waals surface area (Å²) in [6.45, 7) is 10.4. The molecule has 1 aromatic carbocycles. The maximum atomic E-state index is 12.1. The highest BCUT2D eigenvalue weighted by molar-refractivity contribution is 5.97. The molecule has 5 nitrogen and oxygen atoms in total. The molecule has 0 spiro atoms. The van der Waals surface area contributed by atoms with Crippen molar-refractivity contribution < 1.29 is 24.2 Å². The van der Waals surface area contributed by atoms with Gasteiger partial charge in [-0.1, -0.05) is 12.7 Å². The molecule has 2 rings (SSSR count). The van der Waals surface area contributed by atoms with Crippen LogP contribution in [0.25, 0.3) is 0 Å². The van der Waals surface area contributed by atoms with E-state index in [1.54, 1.807) is 26.8 Å². The molecule has 2 unspecified atom stereocenters. The largest absolute Gasteiger partial charge is 0.507 e. The van der Waals surface area contributed by atoms with Gasteiger partial charge in [0.2, 0.25) is 0 Å². The van der Waals surface area contributed by atoms with Crippen molar-refractivity contribution in [3.05, 3.63) is 47.1 Å². The Labute approximate surface area is 135 Å². The molecule has 2 atom stereocenters. The normalized spacial score (nSPS) is 19.7. The second-order valence-corrected chi connectivity index (χ2v) is 5.65. The van der Waals surface area contributed by atoms with Crippen molar-refractivity contribution in [3.8, 4) is 11.5 Å². The lowest BCUT2D eigenvalue weighted by atomic mass is 9.98. The molecule has 23 heavy (non-hydrogen) atoms. The van der Waals surface area contributed by atoms with Crippen LogP contribution >= 0.6 is 0 Å². The monoisotopic (exact) mass is 316 g/mol. The highest BCUT2D eigenvalue weighted by Crippen LogP contribution is 2.44. The average molecular weight is 316 g/mol. The lowest BCUT2D eigenvalue weighted by molar-refractivity contribution is -0.146. The van der Waals surface area contributed by atoms with Crippen molar-refractivity contribution in [1.29, 1.82) is 0 Å². The Morgan fingerprint density at radius 2 is 1.96 bits per heavy atom. The van der Waals surface area contributed by atoms with E-state index in [0.29, 0.717) is 22.5 Å². The maximum Gasteiger partial charge on any atom is 0.334 e. The fraction of sp³-hybridized carbons (Fsp3) is 0.333. The Hall–Kier alpha value is -2.56. The molecule has 5 heteroatoms. The second-order valence-electron chi connectivity index (χ2n) is 5.65. The first-order valence-corrected chi connectivity index (χ1v) is 7.30. The number of allylic oxidation sites excluding steroid dienone is 1. The van der Waals surface area contributed by atoms with Crippen LogP contribution in [-0.4, -0.2) is 23.0 Å². The molecule has 1 aromatic rings. The molecule has 0 amide bonds. The highest BCUT2D eigenvalue weighted by atomic mass is 16.6. The van der Waals surface area contributed by atoms with Gasteiger partial charge in [0.1, 0.15) is 11.5 Å². The highest BCUT2D eigenvalue weighted by Gasteiger charge is 2.39. The number of hydrogen-bond acceptors (Lipinski definition) is 5. The van der Waals surface area contributed by atoms with Crippen LogP contribution in [-0.2, 0) is 9.53 Å². The van der Waals surface area contributed by atoms with Crippen LogP contribution < -0.4 is 4.74 Å². The number of aromatic hydroxyl groups is 1. The smallest absolute Gasteiger partial charge is 0.334 e. The van der Waals surface area contributed by atoms with Gasteiger partial charge in [-0.05, 0) is 39.3 Å². The van der Waals surface area contributed by atoms with Crippen LogP contribution in [0.1, 0.15) is 49.7 Å². The Balaban J connectivity index is 2.47. The predicted octanol–water partition coefficient (Wildman–Crippen LogP) is 3.48. The maximum absolute atomic E-state index is 12.1. The van der Waals surface area contributed by atoms with Crippen LogP contribution in [0.4, 0.5) is 0 Å². The van der Waals surface area contributed by atoms with E-state index in [2.05, 4.69) is 6.58 Å². The number of hydrogen-bond donors (Lipinski definition) is 1. The second kappa shape index (κ2) is 6.28. The van der Waals surface area contributed by atoms with Crippen molar-refractivity contribution in [2.24, 2.45) is 0 Å². The minimum atomic E-state index is -0.705. The number of phenolic OH excluding ortho intramolecular Hbond substituents is 1. The van der Waals surface area contributed by atoms with Gasteiger partial charge in [0, 0.05) is 17.2 Å². The summed E-state index contributed by atoms with van der Waals surface area (Å²) in [6.07, 6.45) is 0.399. The third-order valence-corrected chi connectivity index (χ3v) is 3.82. The molecule has 0 fully saturated rings. The number of phenols is 1. The van der Waals surface area contributed by atoms with E-state index in [-0.39, 0.29) is 17.1 Å². The van der Waals surface area contributed by atoms with Gasteiger partial charge in [-0.2, -0.15) is 0 Å². The fourth-order valence-corrected chi connectivity index (χ4v) is 2.36. The van der Waals surface area contributed by atoms with E-state index < -0.39 is 18.2 Å². The van der Waals surface area contributed by atoms with Gasteiger partial charge < -0.3 is 14.6 Å². The van der Waals surface area contributed by atoms with Crippen molar-refractivity contribution in [2.45, 2.75) is 39.9 Å². The third-order valence-electron chi connectivity index (χ3n) is 3.82. The van der Waals surface area contributed by atoms with E-state index in [1.807, 2.05) is 0 Å². The van der Waals surface area contributed by atoms with Crippen LogP contribution in [0.15, 0.2) is 35.9 Å². The third kappa shape index (κ3) is 3.13. The number of benzene rings is 1. The first-order valence-electron chi connectivity index (χ1n) is 7.30. The van der Waals surface area contributed by atoms with Crippen LogP contribution in [0.5, 0.6) is 11.5 Å². The van der Waals surface area contributed by atoms with E-state index in [4.69, 9.17) is 9.47 Å². The van der Waals surface area contributed by atoms with Crippen LogP contribution in [0.2, 0.25) is 0 Å². The summed E-state index contributed by atoms with van der Waals surface area (Å²) in [4.78, 5) is 23.7. The molecule has 0 bridgehead atoms. The fourth-order valence-electron chi connectivity index (χ4n) is 2.36. The Kier molecular flexibility index (Phi) is 4.59. The lowest BCUT2D eigenvalue weighted by Crippen LogP contribution is -2.24. The van der Waals surface area contributed by atoms with Gasteiger partial charge in [-0.15, -0.1) is 0 Å². The SMILES string of the molecule is C=C(C)C1Oc2cc(O)c(C(C)=O)cc2C1OC(=O)C(C)=CC. The molecule has 0 aliphatic carbocycles. The minimum Gasteiger partial charge on any atom is -0.507 e. The molecule has 1 aliphatic heterocycles. The summed E-state index contributed by atoms with van der Waals surface area (Å²) in [5.41, 5.74) is 1.88. The lowest BCUT2D eigenvalue weighted by Gasteiger charge is -2.20. The van der Waals surface area contributed by atoms with Gasteiger partial charge in [-0.3, -0.25) is 4.79 Å². The Morgan fingerprint density at radius 3 is 2.48 bits per heavy atom. The van der Waals surface area contributed by atoms with Gasteiger partial charge >= 0.3 is 5.97 Å². The van der Waals surface area contributed by atoms with Gasteiger partial charge in [0.05, 0.1) is 5.56 Å². The molecule has 1 aliphatic rings. The number of fused-ring (bicyclic) bond motifs is 1. The summed E-state index contributed by atoms with van der Waals surface area (Å²) in [7, 11) is 0. The van der Waals surface area contributed by atoms with Crippen molar-refractivity contribution in [2.75, 3.05) is 0 Å². The molecule has 1 N–H and O–H groups in total. The average Bonchev–Trinajstić information content (AvgIpc) is 2.83. The molecular weight excluding hydrogens is 296 g/mol. The summed E-state index contributed by atoms with van der Waals surface area (Å²) < 4.78 is 11.3. The first-order chi connectivity index (χ1) is 10.8. The standard InChI is InChI=1S/C18H20O5/c1-6-10(4)18(21)23-17-13-7-12(11(5)19)14(20)8-15(13)22-16(17)9(2)3/h6-8,16-17,20H,2H2,1,3-5H3. The van der Waals surface area contributed by atoms with Gasteiger partial charge in [-0.25, -0.2) is 4.79 Å². The van der Waals surface area contributed by atoms with Crippen LogP contribution in [0, 0.1) is 0 Å². The zero-order valence-electron chi connectivity index (χ0n) is 13.7. The molecule has 0 saturated carbocycles. The van der Waals surface area contributed by atoms with Crippen molar-refractivity contribution in [3.63, 3.8) is 0 Å². The molecule has 0 radical (unpaired) electrons. The van der Waals surface area contributed by atoms with E-state index in [1.165, 1.54) is 19.1 Å². The number of carbonyl (C=O) groups is 2. The number of rotatable bonds is 4. The summed E-state index contributed by atoms with van der Waals surface area (Å²) >= 11 is 0. The molecule has 0 aromatic heterocycles. The number of ketones is 1. The summed E-state index contributed by atoms with van der Waals surface area (Å²) in [5.74, 6) is -0.513. The Morgan fingerprint density at radius 1 is 1.30 bits per heavy atom. The minimum absolute atomic E-state index is 0.159. The first kappa shape index (κ1) is 16.8. The van der Waals surface area contributed by atoms with Crippen molar-refractivity contribution >= 4 is 11.8 Å².